The molecule has 0 bridgehead atoms. The average molecular weight is 445 g/mol. The van der Waals surface area contributed by atoms with Gasteiger partial charge >= 0.3 is 0 Å². The van der Waals surface area contributed by atoms with Gasteiger partial charge in [0.2, 0.25) is 5.91 Å². The molecule has 2 amide bonds. The van der Waals surface area contributed by atoms with Gasteiger partial charge in [0.25, 0.3) is 11.6 Å². The van der Waals surface area contributed by atoms with Gasteiger partial charge in [-0.3, -0.25) is 24.5 Å². The highest BCUT2D eigenvalue weighted by atomic mass is 16.7. The summed E-state index contributed by atoms with van der Waals surface area (Å²) in [5, 5.41) is 12.8. The van der Waals surface area contributed by atoms with E-state index < -0.39 is 34.8 Å². The van der Waals surface area contributed by atoms with Crippen LogP contribution in [-0.4, -0.2) is 30.0 Å². The van der Waals surface area contributed by atoms with Crippen LogP contribution in [0, 0.1) is 16.0 Å². The van der Waals surface area contributed by atoms with Crippen molar-refractivity contribution in [3.05, 3.63) is 94.5 Å². The first-order valence-corrected chi connectivity index (χ1v) is 10.3. The summed E-state index contributed by atoms with van der Waals surface area (Å²) in [5.74, 6) is -1.27. The summed E-state index contributed by atoms with van der Waals surface area (Å²) in [4.78, 5) is 44.6. The number of ether oxygens (including phenoxy) is 1. The molecule has 5 rings (SSSR count). The molecule has 3 aromatic rings. The van der Waals surface area contributed by atoms with Crippen LogP contribution in [-0.2, 0) is 14.4 Å². The highest BCUT2D eigenvalue weighted by Gasteiger charge is 2.60. The number of anilines is 2. The number of hydrogen-bond donors (Lipinski definition) is 0. The fourth-order valence-corrected chi connectivity index (χ4v) is 4.38. The number of rotatable bonds is 5. The first-order valence-electron chi connectivity index (χ1n) is 10.3. The van der Waals surface area contributed by atoms with E-state index in [-0.39, 0.29) is 11.4 Å². The highest BCUT2D eigenvalue weighted by molar-refractivity contribution is 6.24. The third-order valence-electron chi connectivity index (χ3n) is 5.86. The number of hydrogen-bond acceptors (Lipinski definition) is 7. The SMILES string of the molecule is COc1cccc(C2C3C(=O)N(c4cccc([N+](=O)[O-])c4)C(=O)C3ON2c2ccccc2)c1. The van der Waals surface area contributed by atoms with Crippen LogP contribution in [0.15, 0.2) is 78.9 Å². The lowest BCUT2D eigenvalue weighted by molar-refractivity contribution is -0.384. The van der Waals surface area contributed by atoms with Gasteiger partial charge in [-0.1, -0.05) is 36.4 Å². The van der Waals surface area contributed by atoms with Crippen LogP contribution in [0.25, 0.3) is 0 Å². The number of nitro groups is 1. The van der Waals surface area contributed by atoms with Crippen LogP contribution in [0.2, 0.25) is 0 Å². The molecule has 0 spiro atoms. The molecular weight excluding hydrogens is 426 g/mol. The first-order chi connectivity index (χ1) is 16.0. The average Bonchev–Trinajstić information content (AvgIpc) is 3.35. The second-order valence-corrected chi connectivity index (χ2v) is 7.72. The molecule has 3 atom stereocenters. The van der Waals surface area contributed by atoms with E-state index in [2.05, 4.69) is 0 Å². The normalized spacial score (nSPS) is 21.9. The Morgan fingerprint density at radius 3 is 2.36 bits per heavy atom. The molecule has 9 nitrogen and oxygen atoms in total. The van der Waals surface area contributed by atoms with E-state index in [0.717, 1.165) is 10.5 Å². The van der Waals surface area contributed by atoms with E-state index in [1.54, 1.807) is 24.3 Å². The molecule has 0 radical (unpaired) electrons. The molecule has 2 aliphatic rings. The number of amides is 2. The summed E-state index contributed by atoms with van der Waals surface area (Å²) in [6.07, 6.45) is -1.06. The Labute approximate surface area is 188 Å². The van der Waals surface area contributed by atoms with Gasteiger partial charge in [-0.2, -0.15) is 0 Å². The molecule has 0 N–H and O–H groups in total. The molecule has 2 heterocycles. The maximum Gasteiger partial charge on any atom is 0.271 e. The number of para-hydroxylation sites is 1. The van der Waals surface area contributed by atoms with E-state index in [9.17, 15) is 19.7 Å². The number of benzene rings is 3. The predicted molar refractivity (Wildman–Crippen MR) is 119 cm³/mol. The van der Waals surface area contributed by atoms with E-state index in [4.69, 9.17) is 9.57 Å². The summed E-state index contributed by atoms with van der Waals surface area (Å²) >= 11 is 0. The van der Waals surface area contributed by atoms with Crippen molar-refractivity contribution in [3.63, 3.8) is 0 Å². The van der Waals surface area contributed by atoms with Crippen LogP contribution in [0.5, 0.6) is 5.75 Å². The fourth-order valence-electron chi connectivity index (χ4n) is 4.38. The van der Waals surface area contributed by atoms with Crippen molar-refractivity contribution in [3.8, 4) is 5.75 Å². The third-order valence-corrected chi connectivity index (χ3v) is 5.86. The zero-order valence-electron chi connectivity index (χ0n) is 17.5. The Kier molecular flexibility index (Phi) is 5.02. The molecule has 3 unspecified atom stereocenters. The van der Waals surface area contributed by atoms with Crippen molar-refractivity contribution in [1.82, 2.24) is 0 Å². The van der Waals surface area contributed by atoms with Gasteiger partial charge in [-0.15, -0.1) is 0 Å². The molecule has 0 saturated carbocycles. The number of nitrogens with zero attached hydrogens (tertiary/aromatic N) is 3. The van der Waals surface area contributed by atoms with Crippen molar-refractivity contribution >= 4 is 28.9 Å². The number of non-ortho nitro benzene ring substituents is 1. The monoisotopic (exact) mass is 445 g/mol. The maximum absolute atomic E-state index is 13.6. The predicted octanol–water partition coefficient (Wildman–Crippen LogP) is 3.65. The zero-order chi connectivity index (χ0) is 23.1. The summed E-state index contributed by atoms with van der Waals surface area (Å²) in [6, 6.07) is 21.3. The second kappa shape index (κ2) is 8.03. The lowest BCUT2D eigenvalue weighted by Gasteiger charge is -2.28. The van der Waals surface area contributed by atoms with Gasteiger partial charge in [-0.25, -0.2) is 9.96 Å². The van der Waals surface area contributed by atoms with Crippen molar-refractivity contribution in [2.24, 2.45) is 5.92 Å². The number of hydroxylamine groups is 1. The van der Waals surface area contributed by atoms with Gasteiger partial charge in [-0.05, 0) is 35.9 Å². The summed E-state index contributed by atoms with van der Waals surface area (Å²) < 4.78 is 5.36. The molecule has 0 aromatic heterocycles. The van der Waals surface area contributed by atoms with Crippen LogP contribution in [0.3, 0.4) is 0 Å². The fraction of sp³-hybridized carbons (Fsp3) is 0.167. The molecule has 9 heteroatoms. The molecule has 2 fully saturated rings. The van der Waals surface area contributed by atoms with Crippen molar-refractivity contribution < 1.29 is 24.1 Å². The van der Waals surface area contributed by atoms with Crippen LogP contribution < -0.4 is 14.7 Å². The third kappa shape index (κ3) is 3.39. The molecule has 33 heavy (non-hydrogen) atoms. The van der Waals surface area contributed by atoms with E-state index in [1.807, 2.05) is 42.5 Å². The van der Waals surface area contributed by atoms with E-state index in [0.29, 0.717) is 11.4 Å². The molecule has 2 aliphatic heterocycles. The number of carbonyl (C=O) groups excluding carboxylic acids is 2. The molecule has 2 saturated heterocycles. The molecule has 0 aliphatic carbocycles. The zero-order valence-corrected chi connectivity index (χ0v) is 17.5. The smallest absolute Gasteiger partial charge is 0.271 e. The Morgan fingerprint density at radius 1 is 0.909 bits per heavy atom. The lowest BCUT2D eigenvalue weighted by atomic mass is 9.90. The Bertz CT molecular complexity index is 1250. The van der Waals surface area contributed by atoms with Crippen molar-refractivity contribution in [2.45, 2.75) is 12.1 Å². The van der Waals surface area contributed by atoms with Gasteiger partial charge in [0, 0.05) is 12.1 Å². The summed E-state index contributed by atoms with van der Waals surface area (Å²) in [6.45, 7) is 0. The van der Waals surface area contributed by atoms with Crippen LogP contribution in [0.4, 0.5) is 17.1 Å². The van der Waals surface area contributed by atoms with Gasteiger partial charge in [0.15, 0.2) is 6.10 Å². The second-order valence-electron chi connectivity index (χ2n) is 7.72. The largest absolute Gasteiger partial charge is 0.497 e. The van der Waals surface area contributed by atoms with Gasteiger partial charge in [0.1, 0.15) is 11.7 Å². The Hall–Kier alpha value is -4.24. The lowest BCUT2D eigenvalue weighted by Crippen LogP contribution is -2.37. The van der Waals surface area contributed by atoms with E-state index in [1.165, 1.54) is 24.3 Å². The summed E-state index contributed by atoms with van der Waals surface area (Å²) in [7, 11) is 1.55. The van der Waals surface area contributed by atoms with Gasteiger partial charge in [0.05, 0.1) is 29.4 Å². The number of fused-ring (bicyclic) bond motifs is 1. The minimum Gasteiger partial charge on any atom is -0.497 e. The number of methoxy groups -OCH3 is 1. The van der Waals surface area contributed by atoms with Crippen LogP contribution in [0.1, 0.15) is 11.6 Å². The quantitative estimate of drug-likeness (QED) is 0.336. The maximum atomic E-state index is 13.6. The number of imide groups is 1. The van der Waals surface area contributed by atoms with Crippen molar-refractivity contribution in [2.75, 3.05) is 17.1 Å². The van der Waals surface area contributed by atoms with Crippen molar-refractivity contribution in [1.29, 1.82) is 0 Å². The minimum atomic E-state index is -1.06. The number of nitro benzene ring substituents is 1. The highest BCUT2D eigenvalue weighted by Crippen LogP contribution is 2.48. The summed E-state index contributed by atoms with van der Waals surface area (Å²) in [5.41, 5.74) is 1.38. The molecule has 166 valence electrons. The topological polar surface area (TPSA) is 102 Å². The minimum absolute atomic E-state index is 0.146. The standard InChI is InChI=1S/C24H19N3O6/c1-32-19-12-5-7-15(13-19)21-20-22(33-26(21)16-8-3-2-4-9-16)24(29)25(23(20)28)17-10-6-11-18(14-17)27(30)31/h2-14,20-22H,1H3. The van der Waals surface area contributed by atoms with Gasteiger partial charge < -0.3 is 4.74 Å². The van der Waals surface area contributed by atoms with E-state index >= 15 is 0 Å². The molecular formula is C24H19N3O6. The molecule has 3 aromatic carbocycles. The number of carbonyl (C=O) groups is 2. The first kappa shape index (κ1) is 20.7. The van der Waals surface area contributed by atoms with Crippen LogP contribution >= 0.6 is 0 Å². The Balaban J connectivity index is 1.59. The Morgan fingerprint density at radius 2 is 1.64 bits per heavy atom.